The van der Waals surface area contributed by atoms with Gasteiger partial charge in [-0.05, 0) is 51.8 Å². The van der Waals surface area contributed by atoms with E-state index in [1.54, 1.807) is 0 Å². The molecule has 23 heavy (non-hydrogen) atoms. The molecule has 2 amide bonds. The van der Waals surface area contributed by atoms with Crippen molar-refractivity contribution < 1.29 is 9.53 Å². The van der Waals surface area contributed by atoms with Gasteiger partial charge < -0.3 is 15.0 Å². The number of carbonyl (C=O) groups is 1. The number of likely N-dealkylation sites (N-methyl/N-ethyl adjacent to an activating group) is 1. The number of benzene rings is 1. The topological polar surface area (TPSA) is 44.8 Å². The average molecular weight is 317 g/mol. The number of hydrogen-bond acceptors (Lipinski definition) is 3. The van der Waals surface area contributed by atoms with Crippen molar-refractivity contribution in [1.82, 2.24) is 9.80 Å². The maximum Gasteiger partial charge on any atom is 0.321 e. The fraction of sp³-hybridized carbons (Fsp3) is 0.611. The summed E-state index contributed by atoms with van der Waals surface area (Å²) in [6.07, 6.45) is 3.54. The molecule has 1 N–H and O–H groups in total. The predicted molar refractivity (Wildman–Crippen MR) is 92.1 cm³/mol. The van der Waals surface area contributed by atoms with Crippen LogP contribution in [0.2, 0.25) is 0 Å². The van der Waals surface area contributed by atoms with Gasteiger partial charge in [-0.1, -0.05) is 6.07 Å². The molecular formula is C18H27N3O2. The third-order valence-electron chi connectivity index (χ3n) is 5.17. The number of nitrogens with zero attached hydrogens (tertiary/aromatic N) is 2. The van der Waals surface area contributed by atoms with Crippen LogP contribution in [0.5, 0.6) is 5.75 Å². The monoisotopic (exact) mass is 317 g/mol. The number of aryl methyl sites for hydroxylation is 1. The van der Waals surface area contributed by atoms with Crippen LogP contribution in [-0.2, 0) is 0 Å². The third-order valence-corrected chi connectivity index (χ3v) is 5.17. The molecule has 2 saturated heterocycles. The van der Waals surface area contributed by atoms with E-state index >= 15 is 0 Å². The first kappa shape index (κ1) is 16.1. The Morgan fingerprint density at radius 1 is 1.30 bits per heavy atom. The van der Waals surface area contributed by atoms with Crippen LogP contribution in [0.4, 0.5) is 10.5 Å². The first-order valence-corrected chi connectivity index (χ1v) is 8.59. The van der Waals surface area contributed by atoms with Gasteiger partial charge in [0, 0.05) is 36.9 Å². The van der Waals surface area contributed by atoms with E-state index in [9.17, 15) is 4.79 Å². The molecule has 2 aliphatic heterocycles. The normalized spacial score (nSPS) is 24.4. The van der Waals surface area contributed by atoms with Gasteiger partial charge in [0.1, 0.15) is 5.75 Å². The fourth-order valence-corrected chi connectivity index (χ4v) is 3.68. The van der Waals surface area contributed by atoms with E-state index in [4.69, 9.17) is 4.74 Å². The summed E-state index contributed by atoms with van der Waals surface area (Å²) in [4.78, 5) is 17.0. The second kappa shape index (κ2) is 6.79. The Hall–Kier alpha value is -1.75. The van der Waals surface area contributed by atoms with Crippen LogP contribution in [0.1, 0.15) is 31.7 Å². The molecule has 1 aromatic rings. The maximum atomic E-state index is 12.6. The summed E-state index contributed by atoms with van der Waals surface area (Å²) < 4.78 is 5.61. The minimum Gasteiger partial charge on any atom is -0.494 e. The molecule has 2 bridgehead atoms. The van der Waals surface area contributed by atoms with E-state index in [2.05, 4.69) is 17.3 Å². The first-order valence-electron chi connectivity index (χ1n) is 8.59. The Labute approximate surface area is 138 Å². The van der Waals surface area contributed by atoms with Gasteiger partial charge in [-0.25, -0.2) is 4.79 Å². The molecule has 3 rings (SSSR count). The Bertz CT molecular complexity index is 575. The molecule has 1 aromatic carbocycles. The molecule has 0 aliphatic carbocycles. The van der Waals surface area contributed by atoms with E-state index in [1.165, 1.54) is 12.8 Å². The van der Waals surface area contributed by atoms with Gasteiger partial charge in [-0.3, -0.25) is 4.90 Å². The molecule has 0 radical (unpaired) electrons. The second-order valence-electron chi connectivity index (χ2n) is 6.63. The third kappa shape index (κ3) is 3.44. The van der Waals surface area contributed by atoms with Crippen molar-refractivity contribution in [3.05, 3.63) is 23.8 Å². The predicted octanol–water partition coefficient (Wildman–Crippen LogP) is 3.09. The summed E-state index contributed by atoms with van der Waals surface area (Å²) in [5.41, 5.74) is 1.88. The van der Waals surface area contributed by atoms with E-state index in [0.29, 0.717) is 18.7 Å². The number of amides is 2. The number of likely N-dealkylation sites (tertiary alicyclic amines) is 1. The summed E-state index contributed by atoms with van der Waals surface area (Å²) in [5, 5.41) is 3.03. The van der Waals surface area contributed by atoms with Crippen LogP contribution < -0.4 is 10.1 Å². The zero-order valence-electron chi connectivity index (χ0n) is 14.3. The first-order chi connectivity index (χ1) is 11.1. The molecule has 0 spiro atoms. The lowest BCUT2D eigenvalue weighted by Gasteiger charge is -2.26. The number of fused-ring (bicyclic) bond motifs is 2. The molecule has 2 unspecified atom stereocenters. The Morgan fingerprint density at radius 3 is 2.87 bits per heavy atom. The molecule has 126 valence electrons. The number of urea groups is 1. The summed E-state index contributed by atoms with van der Waals surface area (Å²) in [7, 11) is 2.19. The maximum absolute atomic E-state index is 12.6. The van der Waals surface area contributed by atoms with Crippen molar-refractivity contribution >= 4 is 11.7 Å². The molecule has 2 fully saturated rings. The quantitative estimate of drug-likeness (QED) is 0.932. The lowest BCUT2D eigenvalue weighted by molar-refractivity contribution is 0.200. The average Bonchev–Trinajstić information content (AvgIpc) is 2.75. The van der Waals surface area contributed by atoms with Crippen molar-refractivity contribution in [2.24, 2.45) is 0 Å². The van der Waals surface area contributed by atoms with Crippen molar-refractivity contribution in [2.75, 3.05) is 32.1 Å². The minimum absolute atomic E-state index is 0.00254. The SMILES string of the molecule is CCOc1cc(NC(=O)N2CCC3CCC(C2)N3C)ccc1C. The Kier molecular flexibility index (Phi) is 4.76. The highest BCUT2D eigenvalue weighted by atomic mass is 16.5. The number of carbonyl (C=O) groups excluding carboxylic acids is 1. The molecule has 5 heteroatoms. The van der Waals surface area contributed by atoms with Gasteiger partial charge in [0.25, 0.3) is 0 Å². The number of nitrogens with one attached hydrogen (secondary N) is 1. The van der Waals surface area contributed by atoms with Gasteiger partial charge in [0.2, 0.25) is 0 Å². The number of hydrogen-bond donors (Lipinski definition) is 1. The highest BCUT2D eigenvalue weighted by Gasteiger charge is 2.35. The standard InChI is InChI=1S/C18H27N3O2/c1-4-23-17-11-14(6-5-13(17)2)19-18(22)21-10-9-15-7-8-16(12-21)20(15)3/h5-6,11,15-16H,4,7-10,12H2,1-3H3,(H,19,22). The lowest BCUT2D eigenvalue weighted by atomic mass is 10.1. The number of anilines is 1. The molecular weight excluding hydrogens is 290 g/mol. The highest BCUT2D eigenvalue weighted by molar-refractivity contribution is 5.89. The molecule has 5 nitrogen and oxygen atoms in total. The fourth-order valence-electron chi connectivity index (χ4n) is 3.68. The zero-order valence-corrected chi connectivity index (χ0v) is 14.3. The summed E-state index contributed by atoms with van der Waals surface area (Å²) >= 11 is 0. The van der Waals surface area contributed by atoms with Crippen molar-refractivity contribution in [2.45, 2.75) is 45.2 Å². The number of rotatable bonds is 3. The van der Waals surface area contributed by atoms with Crippen molar-refractivity contribution in [3.8, 4) is 5.75 Å². The summed E-state index contributed by atoms with van der Waals surface area (Å²) in [6, 6.07) is 6.97. The number of ether oxygens (including phenoxy) is 1. The summed E-state index contributed by atoms with van der Waals surface area (Å²) in [6.45, 7) is 6.26. The highest BCUT2D eigenvalue weighted by Crippen LogP contribution is 2.29. The van der Waals surface area contributed by atoms with Crippen LogP contribution in [-0.4, -0.2) is 54.7 Å². The second-order valence-corrected chi connectivity index (χ2v) is 6.63. The van der Waals surface area contributed by atoms with E-state index in [-0.39, 0.29) is 6.03 Å². The van der Waals surface area contributed by atoms with Gasteiger partial charge in [-0.2, -0.15) is 0 Å². The Morgan fingerprint density at radius 2 is 2.09 bits per heavy atom. The van der Waals surface area contributed by atoms with Crippen molar-refractivity contribution in [3.63, 3.8) is 0 Å². The minimum atomic E-state index is -0.00254. The summed E-state index contributed by atoms with van der Waals surface area (Å²) in [5.74, 6) is 0.833. The van der Waals surface area contributed by atoms with Crippen LogP contribution >= 0.6 is 0 Å². The van der Waals surface area contributed by atoms with Crippen LogP contribution in [0, 0.1) is 6.92 Å². The zero-order chi connectivity index (χ0) is 16.4. The van der Waals surface area contributed by atoms with Gasteiger partial charge in [-0.15, -0.1) is 0 Å². The molecule has 0 aromatic heterocycles. The van der Waals surface area contributed by atoms with Crippen LogP contribution in [0.3, 0.4) is 0 Å². The molecule has 2 aliphatic rings. The van der Waals surface area contributed by atoms with Crippen LogP contribution in [0.25, 0.3) is 0 Å². The van der Waals surface area contributed by atoms with Gasteiger partial charge >= 0.3 is 6.03 Å². The van der Waals surface area contributed by atoms with Gasteiger partial charge in [0.05, 0.1) is 6.61 Å². The largest absolute Gasteiger partial charge is 0.494 e. The molecule has 2 atom stereocenters. The lowest BCUT2D eigenvalue weighted by Crippen LogP contribution is -2.41. The van der Waals surface area contributed by atoms with Crippen LogP contribution in [0.15, 0.2) is 18.2 Å². The Balaban J connectivity index is 1.66. The van der Waals surface area contributed by atoms with E-state index in [0.717, 1.165) is 36.5 Å². The molecule has 2 heterocycles. The van der Waals surface area contributed by atoms with E-state index < -0.39 is 0 Å². The molecule has 0 saturated carbocycles. The van der Waals surface area contributed by atoms with Crippen molar-refractivity contribution in [1.29, 1.82) is 0 Å². The van der Waals surface area contributed by atoms with E-state index in [1.807, 2.05) is 36.9 Å². The van der Waals surface area contributed by atoms with Gasteiger partial charge in [0.15, 0.2) is 0 Å². The smallest absolute Gasteiger partial charge is 0.321 e.